The van der Waals surface area contributed by atoms with E-state index >= 15 is 0 Å². The highest BCUT2D eigenvalue weighted by Gasteiger charge is 2.36. The molecule has 0 atom stereocenters. The Bertz CT molecular complexity index is 975. The molecule has 1 aliphatic heterocycles. The average Bonchev–Trinajstić information content (AvgIpc) is 3.28. The van der Waals surface area contributed by atoms with Crippen molar-refractivity contribution in [1.29, 1.82) is 0 Å². The second kappa shape index (κ2) is 7.50. The minimum atomic E-state index is -0.313. The van der Waals surface area contributed by atoms with Gasteiger partial charge in [-0.05, 0) is 49.8 Å². The van der Waals surface area contributed by atoms with Gasteiger partial charge in [0.05, 0.1) is 22.8 Å². The molecule has 0 radical (unpaired) electrons. The molecule has 0 amide bonds. The van der Waals surface area contributed by atoms with Crippen molar-refractivity contribution >= 4 is 24.0 Å². The molecule has 5 rings (SSSR count). The highest BCUT2D eigenvalue weighted by Crippen LogP contribution is 2.48. The summed E-state index contributed by atoms with van der Waals surface area (Å²) in [6, 6.07) is 8.63. The molecule has 3 heterocycles. The average molecular weight is 420 g/mol. The van der Waals surface area contributed by atoms with Gasteiger partial charge in [0.2, 0.25) is 0 Å². The van der Waals surface area contributed by atoms with Crippen LogP contribution in [0.1, 0.15) is 60.0 Å². The van der Waals surface area contributed by atoms with Gasteiger partial charge in [-0.2, -0.15) is 0 Å². The lowest BCUT2D eigenvalue weighted by atomic mass is 9.76. The maximum absolute atomic E-state index is 7.13. The molecule has 0 spiro atoms. The van der Waals surface area contributed by atoms with Crippen LogP contribution in [0, 0.1) is 6.92 Å². The van der Waals surface area contributed by atoms with E-state index < -0.39 is 0 Å². The molecule has 28 heavy (non-hydrogen) atoms. The lowest BCUT2D eigenvalue weighted by Crippen LogP contribution is -2.26. The molecule has 1 aromatic carbocycles. The Morgan fingerprint density at radius 2 is 2.04 bits per heavy atom. The fourth-order valence-corrected chi connectivity index (χ4v) is 4.70. The van der Waals surface area contributed by atoms with Gasteiger partial charge in [0.25, 0.3) is 0 Å². The molecule has 1 N–H and O–H groups in total. The Kier molecular flexibility index (Phi) is 5.21. The monoisotopic (exact) mass is 419 g/mol. The van der Waals surface area contributed by atoms with Crippen LogP contribution in [0.3, 0.4) is 0 Å². The van der Waals surface area contributed by atoms with Crippen LogP contribution in [0.4, 0.5) is 0 Å². The van der Waals surface area contributed by atoms with Gasteiger partial charge in [0.15, 0.2) is 5.82 Å². The number of nitrogens with one attached hydrogen (secondary N) is 1. The normalized spacial score (nSPS) is 24.0. The zero-order valence-electron chi connectivity index (χ0n) is 15.7. The summed E-state index contributed by atoms with van der Waals surface area (Å²) in [5.74, 6) is 2.25. The van der Waals surface area contributed by atoms with Crippen LogP contribution in [0.5, 0.6) is 0 Å². The Hall–Kier alpha value is -1.89. The summed E-state index contributed by atoms with van der Waals surface area (Å²) >= 11 is 7.13. The van der Waals surface area contributed by atoms with E-state index in [-0.39, 0.29) is 17.3 Å². The largest absolute Gasteiger partial charge is 0.361 e. The summed E-state index contributed by atoms with van der Waals surface area (Å²) in [7, 11) is 0. The third kappa shape index (κ3) is 3.34. The molecular formula is C20H23Cl2N5O. The van der Waals surface area contributed by atoms with Crippen LogP contribution in [-0.4, -0.2) is 19.9 Å². The number of nitrogens with zero attached hydrogens (tertiary/aromatic N) is 4. The predicted octanol–water partition coefficient (Wildman–Crippen LogP) is 4.38. The molecule has 1 aliphatic carbocycles. The van der Waals surface area contributed by atoms with Gasteiger partial charge in [-0.3, -0.25) is 4.57 Å². The van der Waals surface area contributed by atoms with E-state index in [1.54, 1.807) is 6.33 Å². The zero-order chi connectivity index (χ0) is 18.4. The summed E-state index contributed by atoms with van der Waals surface area (Å²) in [5, 5.41) is 15.9. The van der Waals surface area contributed by atoms with Crippen molar-refractivity contribution in [2.75, 3.05) is 0 Å². The van der Waals surface area contributed by atoms with Crippen molar-refractivity contribution in [3.05, 3.63) is 59.0 Å². The SMILES string of the molecule is Cc1cc(C2CCC(Cl)(c3ccc4c(c3)CNCc3nncn3-4)CC2)no1.Cl. The van der Waals surface area contributed by atoms with Crippen molar-refractivity contribution in [1.82, 2.24) is 25.2 Å². The van der Waals surface area contributed by atoms with E-state index in [4.69, 9.17) is 16.1 Å². The summed E-state index contributed by atoms with van der Waals surface area (Å²) in [6.07, 6.45) is 5.72. The van der Waals surface area contributed by atoms with Crippen LogP contribution in [-0.2, 0) is 18.0 Å². The molecule has 2 aromatic heterocycles. The zero-order valence-corrected chi connectivity index (χ0v) is 17.3. The van der Waals surface area contributed by atoms with Crippen LogP contribution >= 0.6 is 24.0 Å². The van der Waals surface area contributed by atoms with E-state index in [2.05, 4.69) is 49.5 Å². The summed E-state index contributed by atoms with van der Waals surface area (Å²) < 4.78 is 7.31. The highest BCUT2D eigenvalue weighted by atomic mass is 35.5. The maximum atomic E-state index is 7.13. The molecule has 8 heteroatoms. The molecule has 0 unspecified atom stereocenters. The first-order valence-electron chi connectivity index (χ1n) is 9.48. The molecular weight excluding hydrogens is 397 g/mol. The molecule has 0 bridgehead atoms. The number of halogens is 2. The molecule has 2 aliphatic rings. The van der Waals surface area contributed by atoms with Crippen LogP contribution in [0.15, 0.2) is 35.1 Å². The molecule has 3 aromatic rings. The van der Waals surface area contributed by atoms with E-state index in [9.17, 15) is 0 Å². The number of hydrogen-bond donors (Lipinski definition) is 1. The first-order chi connectivity index (χ1) is 13.1. The highest BCUT2D eigenvalue weighted by molar-refractivity contribution is 6.24. The third-order valence-electron chi connectivity index (χ3n) is 5.92. The van der Waals surface area contributed by atoms with Crippen molar-refractivity contribution < 1.29 is 4.52 Å². The Labute approximate surface area is 175 Å². The lowest BCUT2D eigenvalue weighted by Gasteiger charge is -2.35. The standard InChI is InChI=1S/C20H22ClN5O.ClH/c1-13-8-17(25-27-13)14-4-6-20(21,7-5-14)16-2-3-18-15(9-16)10-22-11-19-24-23-12-26(18)19;/h2-3,8-9,12,14,22H,4-7,10-11H2,1H3;1H. The van der Waals surface area contributed by atoms with Gasteiger partial charge < -0.3 is 9.84 Å². The van der Waals surface area contributed by atoms with E-state index in [0.717, 1.165) is 61.7 Å². The van der Waals surface area contributed by atoms with Crippen molar-refractivity contribution in [3.63, 3.8) is 0 Å². The number of rotatable bonds is 2. The van der Waals surface area contributed by atoms with Crippen molar-refractivity contribution in [2.45, 2.75) is 56.5 Å². The summed E-state index contributed by atoms with van der Waals surface area (Å²) in [6.45, 7) is 3.46. The number of aromatic nitrogens is 4. The van der Waals surface area contributed by atoms with Crippen LogP contribution in [0.2, 0.25) is 0 Å². The number of benzene rings is 1. The number of alkyl halides is 1. The van der Waals surface area contributed by atoms with Gasteiger partial charge in [0.1, 0.15) is 12.1 Å². The van der Waals surface area contributed by atoms with Crippen molar-refractivity contribution in [3.8, 4) is 5.69 Å². The first kappa shape index (κ1) is 19.4. The summed E-state index contributed by atoms with van der Waals surface area (Å²) in [5.41, 5.74) is 4.64. The quantitative estimate of drug-likeness (QED) is 0.624. The van der Waals surface area contributed by atoms with Crippen LogP contribution < -0.4 is 5.32 Å². The van der Waals surface area contributed by atoms with Gasteiger partial charge in [-0.1, -0.05) is 17.3 Å². The second-order valence-electron chi connectivity index (χ2n) is 7.67. The Morgan fingerprint density at radius 1 is 1.21 bits per heavy atom. The second-order valence-corrected chi connectivity index (χ2v) is 8.39. The Morgan fingerprint density at radius 3 is 2.79 bits per heavy atom. The molecule has 0 saturated heterocycles. The summed E-state index contributed by atoms with van der Waals surface area (Å²) in [4.78, 5) is -0.313. The Balaban J connectivity index is 0.00000192. The van der Waals surface area contributed by atoms with Gasteiger partial charge in [-0.25, -0.2) is 0 Å². The molecule has 1 saturated carbocycles. The van der Waals surface area contributed by atoms with Gasteiger partial charge >= 0.3 is 0 Å². The van der Waals surface area contributed by atoms with Gasteiger partial charge in [0, 0.05) is 18.5 Å². The van der Waals surface area contributed by atoms with E-state index in [1.165, 1.54) is 11.1 Å². The predicted molar refractivity (Wildman–Crippen MR) is 109 cm³/mol. The lowest BCUT2D eigenvalue weighted by molar-refractivity contribution is 0.334. The molecule has 148 valence electrons. The van der Waals surface area contributed by atoms with E-state index in [0.29, 0.717) is 5.92 Å². The van der Waals surface area contributed by atoms with Crippen LogP contribution in [0.25, 0.3) is 5.69 Å². The fourth-order valence-electron chi connectivity index (χ4n) is 4.37. The minimum Gasteiger partial charge on any atom is -0.361 e. The topological polar surface area (TPSA) is 68.8 Å². The van der Waals surface area contributed by atoms with E-state index in [1.807, 2.05) is 6.92 Å². The number of hydrogen-bond acceptors (Lipinski definition) is 5. The number of fused-ring (bicyclic) bond motifs is 3. The third-order valence-corrected chi connectivity index (χ3v) is 6.51. The fraction of sp³-hybridized carbons (Fsp3) is 0.450. The smallest absolute Gasteiger partial charge is 0.151 e. The maximum Gasteiger partial charge on any atom is 0.151 e. The minimum absolute atomic E-state index is 0. The van der Waals surface area contributed by atoms with Crippen molar-refractivity contribution in [2.24, 2.45) is 0 Å². The van der Waals surface area contributed by atoms with Gasteiger partial charge in [-0.15, -0.1) is 34.2 Å². The molecule has 6 nitrogen and oxygen atoms in total. The molecule has 1 fully saturated rings. The first-order valence-corrected chi connectivity index (χ1v) is 9.86. The number of aryl methyl sites for hydroxylation is 1.